The Hall–Kier alpha value is -3.97. The molecular formula is C30H32N2O5. The van der Waals surface area contributed by atoms with Crippen LogP contribution in [0.5, 0.6) is 23.0 Å². The zero-order chi connectivity index (χ0) is 26.1. The Balaban J connectivity index is 1.31. The molecule has 2 aliphatic rings. The van der Waals surface area contributed by atoms with Crippen LogP contribution >= 0.6 is 0 Å². The van der Waals surface area contributed by atoms with E-state index < -0.39 is 0 Å². The fraction of sp³-hybridized carbons (Fsp3) is 0.300. The Morgan fingerprint density at radius 3 is 2.46 bits per heavy atom. The Labute approximate surface area is 217 Å². The summed E-state index contributed by atoms with van der Waals surface area (Å²) in [6.07, 6.45) is 2.64. The lowest BCUT2D eigenvalue weighted by Crippen LogP contribution is -2.34. The van der Waals surface area contributed by atoms with Crippen molar-refractivity contribution in [2.75, 3.05) is 46.5 Å². The van der Waals surface area contributed by atoms with Crippen molar-refractivity contribution >= 4 is 17.5 Å². The van der Waals surface area contributed by atoms with Gasteiger partial charge < -0.3 is 23.8 Å². The van der Waals surface area contributed by atoms with Crippen molar-refractivity contribution in [2.24, 2.45) is 0 Å². The Bertz CT molecular complexity index is 1360. The van der Waals surface area contributed by atoms with E-state index in [2.05, 4.69) is 11.0 Å². The predicted octanol–water partition coefficient (Wildman–Crippen LogP) is 5.09. The van der Waals surface area contributed by atoms with Crippen LogP contribution < -0.4 is 23.8 Å². The second-order valence-corrected chi connectivity index (χ2v) is 9.56. The van der Waals surface area contributed by atoms with Gasteiger partial charge in [-0.2, -0.15) is 0 Å². The van der Waals surface area contributed by atoms with Crippen LogP contribution in [-0.4, -0.2) is 52.3 Å². The van der Waals surface area contributed by atoms with Crippen LogP contribution in [0.2, 0.25) is 0 Å². The summed E-state index contributed by atoms with van der Waals surface area (Å²) >= 11 is 0. The van der Waals surface area contributed by atoms with Gasteiger partial charge in [-0.1, -0.05) is 18.2 Å². The Morgan fingerprint density at radius 1 is 1.00 bits per heavy atom. The average Bonchev–Trinajstić information content (AvgIpc) is 3.22. The summed E-state index contributed by atoms with van der Waals surface area (Å²) in [5.41, 5.74) is 5.64. The number of carbonyl (C=O) groups is 1. The monoisotopic (exact) mass is 500 g/mol. The molecule has 0 spiro atoms. The van der Waals surface area contributed by atoms with Crippen molar-refractivity contribution in [2.45, 2.75) is 19.9 Å². The van der Waals surface area contributed by atoms with E-state index in [9.17, 15) is 4.79 Å². The molecule has 0 atom stereocenters. The number of ketones is 1. The lowest BCUT2D eigenvalue weighted by molar-refractivity contribution is 0.0953. The Morgan fingerprint density at radius 2 is 1.76 bits per heavy atom. The summed E-state index contributed by atoms with van der Waals surface area (Å²) in [7, 11) is 7.27. The average molecular weight is 501 g/mol. The first-order chi connectivity index (χ1) is 17.9. The standard InChI is InChI=1S/C30H32N2O5/c1-19-29-22(17-32(18-36-29)13-12-21-8-11-25(34-4)26(14-21)35-5)16-24-28(33)27(37-30(19)24)15-20-6-9-23(10-7-20)31(2)3/h6-11,14-16H,12-13,17-18H2,1-5H3/b27-15-. The van der Waals surface area contributed by atoms with Gasteiger partial charge in [0.1, 0.15) is 18.2 Å². The van der Waals surface area contributed by atoms with E-state index in [1.807, 2.05) is 68.4 Å². The summed E-state index contributed by atoms with van der Waals surface area (Å²) in [5.74, 6) is 3.09. The zero-order valence-corrected chi connectivity index (χ0v) is 22.0. The van der Waals surface area contributed by atoms with Gasteiger partial charge >= 0.3 is 0 Å². The van der Waals surface area contributed by atoms with Crippen molar-refractivity contribution < 1.29 is 23.7 Å². The molecule has 7 heteroatoms. The van der Waals surface area contributed by atoms with Gasteiger partial charge in [-0.15, -0.1) is 0 Å². The molecule has 0 unspecified atom stereocenters. The number of rotatable bonds is 7. The molecule has 5 rings (SSSR count). The van der Waals surface area contributed by atoms with Gasteiger partial charge in [0.15, 0.2) is 17.3 Å². The van der Waals surface area contributed by atoms with Crippen molar-refractivity contribution in [3.8, 4) is 23.0 Å². The Kier molecular flexibility index (Phi) is 6.80. The highest BCUT2D eigenvalue weighted by molar-refractivity contribution is 6.15. The maximum Gasteiger partial charge on any atom is 0.231 e. The van der Waals surface area contributed by atoms with Gasteiger partial charge in [-0.05, 0) is 60.9 Å². The third-order valence-electron chi connectivity index (χ3n) is 6.87. The third-order valence-corrected chi connectivity index (χ3v) is 6.87. The van der Waals surface area contributed by atoms with Gasteiger partial charge in [0, 0.05) is 44.0 Å². The van der Waals surface area contributed by atoms with Crippen molar-refractivity contribution in [3.63, 3.8) is 0 Å². The highest BCUT2D eigenvalue weighted by Gasteiger charge is 2.33. The number of benzene rings is 3. The van der Waals surface area contributed by atoms with Crippen LogP contribution in [0.15, 0.2) is 54.3 Å². The number of carbonyl (C=O) groups excluding carboxylic acids is 1. The minimum atomic E-state index is -0.0972. The topological polar surface area (TPSA) is 60.5 Å². The normalized spacial score (nSPS) is 15.6. The summed E-state index contributed by atoms with van der Waals surface area (Å²) in [6.45, 7) is 3.95. The molecule has 2 heterocycles. The number of hydrogen-bond donors (Lipinski definition) is 0. The van der Waals surface area contributed by atoms with E-state index >= 15 is 0 Å². The smallest absolute Gasteiger partial charge is 0.231 e. The molecule has 0 amide bonds. The van der Waals surface area contributed by atoms with Gasteiger partial charge in [-0.25, -0.2) is 0 Å². The van der Waals surface area contributed by atoms with Gasteiger partial charge in [0.2, 0.25) is 5.78 Å². The maximum atomic E-state index is 13.2. The molecule has 0 radical (unpaired) electrons. The number of hydrogen-bond acceptors (Lipinski definition) is 7. The van der Waals surface area contributed by atoms with Crippen molar-refractivity contribution in [3.05, 3.63) is 82.1 Å². The fourth-order valence-corrected chi connectivity index (χ4v) is 4.78. The van der Waals surface area contributed by atoms with Crippen LogP contribution in [0.3, 0.4) is 0 Å². The highest BCUT2D eigenvalue weighted by Crippen LogP contribution is 2.43. The van der Waals surface area contributed by atoms with E-state index in [1.165, 1.54) is 0 Å². The first-order valence-corrected chi connectivity index (χ1v) is 12.3. The molecule has 3 aromatic rings. The molecular weight excluding hydrogens is 468 g/mol. The van der Waals surface area contributed by atoms with Gasteiger partial charge in [0.05, 0.1) is 19.8 Å². The number of fused-ring (bicyclic) bond motifs is 2. The van der Waals surface area contributed by atoms with E-state index in [1.54, 1.807) is 20.3 Å². The minimum absolute atomic E-state index is 0.0972. The molecule has 0 saturated carbocycles. The van der Waals surface area contributed by atoms with Crippen LogP contribution in [0.4, 0.5) is 5.69 Å². The summed E-state index contributed by atoms with van der Waals surface area (Å²) < 4.78 is 23.0. The zero-order valence-electron chi connectivity index (χ0n) is 22.0. The molecule has 2 aliphatic heterocycles. The lowest BCUT2D eigenvalue weighted by Gasteiger charge is -2.30. The highest BCUT2D eigenvalue weighted by atomic mass is 16.5. The molecule has 37 heavy (non-hydrogen) atoms. The lowest BCUT2D eigenvalue weighted by atomic mass is 9.99. The second-order valence-electron chi connectivity index (χ2n) is 9.56. The van der Waals surface area contributed by atoms with Gasteiger partial charge in [0.25, 0.3) is 0 Å². The first-order valence-electron chi connectivity index (χ1n) is 12.3. The molecule has 0 N–H and O–H groups in total. The summed E-state index contributed by atoms with van der Waals surface area (Å²) in [6, 6.07) is 15.9. The molecule has 0 saturated heterocycles. The third kappa shape index (κ3) is 4.87. The molecule has 0 fully saturated rings. The van der Waals surface area contributed by atoms with E-state index in [0.717, 1.165) is 58.2 Å². The summed E-state index contributed by atoms with van der Waals surface area (Å²) in [5, 5.41) is 0. The van der Waals surface area contributed by atoms with E-state index in [4.69, 9.17) is 18.9 Å². The van der Waals surface area contributed by atoms with Crippen LogP contribution in [0.25, 0.3) is 6.08 Å². The number of methoxy groups -OCH3 is 2. The number of Topliss-reactive ketones (excluding diaryl/α,β-unsaturated/α-hetero) is 1. The predicted molar refractivity (Wildman–Crippen MR) is 144 cm³/mol. The largest absolute Gasteiger partial charge is 0.493 e. The van der Waals surface area contributed by atoms with E-state index in [-0.39, 0.29) is 5.78 Å². The number of nitrogens with zero attached hydrogens (tertiary/aromatic N) is 2. The SMILES string of the molecule is COc1ccc(CCN2COc3c(cc4c(c3C)O/C(=C\c3ccc(N(C)C)cc3)C4=O)C2)cc1OC. The van der Waals surface area contributed by atoms with Crippen LogP contribution in [0.1, 0.15) is 32.6 Å². The van der Waals surface area contributed by atoms with Crippen molar-refractivity contribution in [1.82, 2.24) is 4.90 Å². The molecule has 7 nitrogen and oxygen atoms in total. The van der Waals surface area contributed by atoms with Crippen molar-refractivity contribution in [1.29, 1.82) is 0 Å². The number of allylic oxidation sites excluding steroid dienone is 1. The fourth-order valence-electron chi connectivity index (χ4n) is 4.78. The molecule has 0 aliphatic carbocycles. The molecule has 0 aromatic heterocycles. The maximum absolute atomic E-state index is 13.2. The first kappa shape index (κ1) is 24.7. The van der Waals surface area contributed by atoms with Crippen LogP contribution in [-0.2, 0) is 13.0 Å². The molecule has 0 bridgehead atoms. The minimum Gasteiger partial charge on any atom is -0.493 e. The van der Waals surface area contributed by atoms with Crippen LogP contribution in [0, 0.1) is 6.92 Å². The number of anilines is 1. The molecule has 192 valence electrons. The quantitative estimate of drug-likeness (QED) is 0.419. The van der Waals surface area contributed by atoms with Gasteiger partial charge in [-0.3, -0.25) is 9.69 Å². The molecule has 3 aromatic carbocycles. The summed E-state index contributed by atoms with van der Waals surface area (Å²) in [4.78, 5) is 17.5. The second kappa shape index (κ2) is 10.2. The number of ether oxygens (including phenoxy) is 4. The van der Waals surface area contributed by atoms with E-state index in [0.29, 0.717) is 30.3 Å².